The number of aryl methyl sites for hydroxylation is 2. The van der Waals surface area contributed by atoms with Crippen molar-refractivity contribution in [3.8, 4) is 0 Å². The van der Waals surface area contributed by atoms with Crippen molar-refractivity contribution in [2.24, 2.45) is 0 Å². The number of nitrogen functional groups attached to an aromatic ring is 1. The maximum atomic E-state index is 5.48. The molecule has 56 valence electrons. The van der Waals surface area contributed by atoms with E-state index in [2.05, 4.69) is 6.07 Å². The minimum Gasteiger partial charge on any atom is -1.00 e. The molecule has 0 aromatic carbocycles. The maximum absolute atomic E-state index is 5.48. The first-order valence-electron chi connectivity index (χ1n) is 2.93. The summed E-state index contributed by atoms with van der Waals surface area (Å²) in [7, 11) is 0. The summed E-state index contributed by atoms with van der Waals surface area (Å²) in [4.78, 5) is 0. The molecule has 0 aliphatic rings. The van der Waals surface area contributed by atoms with E-state index < -0.39 is 0 Å². The molecule has 1 aromatic rings. The van der Waals surface area contributed by atoms with E-state index in [4.69, 9.17) is 5.84 Å². The van der Waals surface area contributed by atoms with E-state index in [0.29, 0.717) is 0 Å². The third-order valence-electron chi connectivity index (χ3n) is 1.16. The fourth-order valence-corrected chi connectivity index (χ4v) is 0.941. The van der Waals surface area contributed by atoms with E-state index in [9.17, 15) is 0 Å². The quantitative estimate of drug-likeness (QED) is 0.324. The molecular formula is C7H11ClN2. The summed E-state index contributed by atoms with van der Waals surface area (Å²) in [6.45, 7) is 4.05. The Morgan fingerprint density at radius 1 is 1.20 bits per heavy atom. The van der Waals surface area contributed by atoms with Gasteiger partial charge >= 0.3 is 0 Å². The first-order chi connectivity index (χ1) is 4.18. The molecule has 0 unspecified atom stereocenters. The van der Waals surface area contributed by atoms with Gasteiger partial charge in [-0.05, 0) is 19.9 Å². The standard InChI is InChI=1S/C7H11N2.ClH/c1-6-3-7(2)5-9(8)4-6;/h3-5H,8H2,1-2H3;1H/q+1;/p-1. The number of pyridine rings is 1. The topological polar surface area (TPSA) is 29.9 Å². The number of hydrogen-bond donors (Lipinski definition) is 1. The van der Waals surface area contributed by atoms with Crippen molar-refractivity contribution in [2.75, 3.05) is 5.84 Å². The zero-order valence-electron chi connectivity index (χ0n) is 6.13. The van der Waals surface area contributed by atoms with Gasteiger partial charge in [-0.2, -0.15) is 0 Å². The van der Waals surface area contributed by atoms with Crippen LogP contribution in [0.2, 0.25) is 0 Å². The van der Waals surface area contributed by atoms with Crippen molar-refractivity contribution in [2.45, 2.75) is 13.8 Å². The molecule has 0 saturated carbocycles. The van der Waals surface area contributed by atoms with Gasteiger partial charge in [0.15, 0.2) is 0 Å². The molecule has 1 rings (SSSR count). The van der Waals surface area contributed by atoms with E-state index in [-0.39, 0.29) is 12.4 Å². The van der Waals surface area contributed by atoms with Gasteiger partial charge in [0.05, 0.1) is 0 Å². The zero-order valence-corrected chi connectivity index (χ0v) is 6.89. The highest BCUT2D eigenvalue weighted by Gasteiger charge is 1.95. The molecule has 2 N–H and O–H groups in total. The van der Waals surface area contributed by atoms with Crippen LogP contribution < -0.4 is 22.9 Å². The Kier molecular flexibility index (Phi) is 3.16. The van der Waals surface area contributed by atoms with Crippen LogP contribution in [-0.4, -0.2) is 0 Å². The number of aromatic nitrogens is 1. The lowest BCUT2D eigenvalue weighted by atomic mass is 10.2. The first-order valence-corrected chi connectivity index (χ1v) is 2.93. The van der Waals surface area contributed by atoms with Gasteiger partial charge in [0, 0.05) is 11.1 Å². The molecule has 2 nitrogen and oxygen atoms in total. The molecule has 0 bridgehead atoms. The van der Waals surface area contributed by atoms with Crippen LogP contribution in [0.1, 0.15) is 11.1 Å². The number of nitrogens with zero attached hydrogens (tertiary/aromatic N) is 1. The molecular weight excluding hydrogens is 148 g/mol. The fourth-order valence-electron chi connectivity index (χ4n) is 0.941. The maximum Gasteiger partial charge on any atom is 0.202 e. The molecule has 1 heterocycles. The summed E-state index contributed by atoms with van der Waals surface area (Å²) in [5.41, 5.74) is 2.38. The number of halogens is 1. The van der Waals surface area contributed by atoms with E-state index >= 15 is 0 Å². The van der Waals surface area contributed by atoms with Gasteiger partial charge in [-0.3, -0.25) is 0 Å². The smallest absolute Gasteiger partial charge is 0.202 e. The lowest BCUT2D eigenvalue weighted by molar-refractivity contribution is -0.639. The van der Waals surface area contributed by atoms with Crippen molar-refractivity contribution in [3.63, 3.8) is 0 Å². The molecule has 10 heavy (non-hydrogen) atoms. The molecule has 0 saturated heterocycles. The minimum absolute atomic E-state index is 0. The summed E-state index contributed by atoms with van der Waals surface area (Å²) in [6, 6.07) is 2.09. The van der Waals surface area contributed by atoms with Crippen molar-refractivity contribution < 1.29 is 17.1 Å². The van der Waals surface area contributed by atoms with Crippen LogP contribution >= 0.6 is 0 Å². The van der Waals surface area contributed by atoms with Crippen molar-refractivity contribution in [1.82, 2.24) is 0 Å². The largest absolute Gasteiger partial charge is 1.00 e. The Hall–Kier alpha value is -0.760. The van der Waals surface area contributed by atoms with E-state index in [1.807, 2.05) is 26.2 Å². The van der Waals surface area contributed by atoms with Crippen molar-refractivity contribution in [1.29, 1.82) is 0 Å². The van der Waals surface area contributed by atoms with Gasteiger partial charge in [-0.1, -0.05) is 4.68 Å². The zero-order chi connectivity index (χ0) is 6.85. The second-order valence-electron chi connectivity index (χ2n) is 2.34. The van der Waals surface area contributed by atoms with Gasteiger partial charge in [-0.25, -0.2) is 5.84 Å². The molecule has 0 aliphatic heterocycles. The predicted molar refractivity (Wildman–Crippen MR) is 36.3 cm³/mol. The summed E-state index contributed by atoms with van der Waals surface area (Å²) in [6.07, 6.45) is 3.76. The van der Waals surface area contributed by atoms with Gasteiger partial charge in [0.1, 0.15) is 0 Å². The van der Waals surface area contributed by atoms with E-state index in [0.717, 1.165) is 0 Å². The summed E-state index contributed by atoms with van der Waals surface area (Å²) in [5.74, 6) is 5.48. The summed E-state index contributed by atoms with van der Waals surface area (Å²) >= 11 is 0. The highest BCUT2D eigenvalue weighted by atomic mass is 35.5. The Labute approximate surface area is 67.1 Å². The van der Waals surface area contributed by atoms with E-state index in [1.165, 1.54) is 11.1 Å². The van der Waals surface area contributed by atoms with Crippen LogP contribution in [0.25, 0.3) is 0 Å². The van der Waals surface area contributed by atoms with Gasteiger partial charge in [-0.15, -0.1) is 0 Å². The van der Waals surface area contributed by atoms with E-state index in [1.54, 1.807) is 4.68 Å². The van der Waals surface area contributed by atoms with Crippen LogP contribution in [0.3, 0.4) is 0 Å². The summed E-state index contributed by atoms with van der Waals surface area (Å²) in [5, 5.41) is 0. The molecule has 0 spiro atoms. The molecule has 0 amide bonds. The second kappa shape index (κ2) is 3.42. The number of rotatable bonds is 0. The second-order valence-corrected chi connectivity index (χ2v) is 2.34. The first kappa shape index (κ1) is 9.24. The van der Waals surface area contributed by atoms with Crippen molar-refractivity contribution >= 4 is 0 Å². The Morgan fingerprint density at radius 3 is 1.90 bits per heavy atom. The molecule has 0 aliphatic carbocycles. The van der Waals surface area contributed by atoms with Crippen LogP contribution in [0.15, 0.2) is 18.5 Å². The number of nitrogens with two attached hydrogens (primary N) is 1. The lowest BCUT2D eigenvalue weighted by Crippen LogP contribution is -3.00. The third kappa shape index (κ3) is 2.23. The van der Waals surface area contributed by atoms with Crippen LogP contribution in [0.5, 0.6) is 0 Å². The third-order valence-corrected chi connectivity index (χ3v) is 1.16. The van der Waals surface area contributed by atoms with Crippen LogP contribution in [0, 0.1) is 13.8 Å². The average Bonchev–Trinajstić information content (AvgIpc) is 1.59. The number of hydrogen-bond acceptors (Lipinski definition) is 1. The van der Waals surface area contributed by atoms with Crippen molar-refractivity contribution in [3.05, 3.63) is 29.6 Å². The Morgan fingerprint density at radius 2 is 1.60 bits per heavy atom. The SMILES string of the molecule is Cc1cc(C)c[n+](N)c1.[Cl-]. The normalized spacial score (nSPS) is 8.60. The lowest BCUT2D eigenvalue weighted by Gasteiger charge is -1.90. The molecule has 3 heteroatoms. The highest BCUT2D eigenvalue weighted by Crippen LogP contribution is 1.94. The molecule has 0 fully saturated rings. The molecule has 1 aromatic heterocycles. The average molecular weight is 159 g/mol. The summed E-state index contributed by atoms with van der Waals surface area (Å²) < 4.78 is 1.57. The Bertz CT molecular complexity index is 172. The van der Waals surface area contributed by atoms with Gasteiger partial charge < -0.3 is 12.4 Å². The van der Waals surface area contributed by atoms with Crippen LogP contribution in [0.4, 0.5) is 0 Å². The monoisotopic (exact) mass is 158 g/mol. The fraction of sp³-hybridized carbons (Fsp3) is 0.286. The van der Waals surface area contributed by atoms with Crippen LogP contribution in [-0.2, 0) is 0 Å². The predicted octanol–water partition coefficient (Wildman–Crippen LogP) is -2.69. The minimum atomic E-state index is 0. The van der Waals surface area contributed by atoms with Gasteiger partial charge in [0.25, 0.3) is 0 Å². The van der Waals surface area contributed by atoms with Gasteiger partial charge in [0.2, 0.25) is 12.4 Å². The Balaban J connectivity index is 0.000000810. The molecule has 0 atom stereocenters. The molecule has 0 radical (unpaired) electrons. The highest BCUT2D eigenvalue weighted by molar-refractivity contribution is 5.11.